The van der Waals surface area contributed by atoms with Gasteiger partial charge in [0.25, 0.3) is 0 Å². The molecular formula is C10H26N4. The number of nitrogens with one attached hydrogen (secondary N) is 2. The Hall–Kier alpha value is -0.160. The van der Waals surface area contributed by atoms with Crippen molar-refractivity contribution in [3.05, 3.63) is 0 Å². The molecule has 0 aromatic rings. The standard InChI is InChI=1S/C8H20N4.C2H6/c1-9-7-11-3-5-12(6-4-11)8-10-2;1-2/h9-10H,3-8H2,1-2H3;1-2H3. The lowest BCUT2D eigenvalue weighted by Gasteiger charge is -2.34. The number of piperazine rings is 1. The molecule has 1 fully saturated rings. The third-order valence-electron chi connectivity index (χ3n) is 2.23. The molecule has 86 valence electrons. The van der Waals surface area contributed by atoms with Crippen molar-refractivity contribution in [3.63, 3.8) is 0 Å². The van der Waals surface area contributed by atoms with Crippen LogP contribution >= 0.6 is 0 Å². The van der Waals surface area contributed by atoms with Crippen LogP contribution in [-0.2, 0) is 0 Å². The molecule has 1 rings (SSSR count). The van der Waals surface area contributed by atoms with Gasteiger partial charge in [-0.3, -0.25) is 9.80 Å². The van der Waals surface area contributed by atoms with E-state index in [0.29, 0.717) is 0 Å². The van der Waals surface area contributed by atoms with Crippen molar-refractivity contribution in [3.8, 4) is 0 Å². The summed E-state index contributed by atoms with van der Waals surface area (Å²) < 4.78 is 0. The molecule has 14 heavy (non-hydrogen) atoms. The van der Waals surface area contributed by atoms with Gasteiger partial charge >= 0.3 is 0 Å². The van der Waals surface area contributed by atoms with E-state index < -0.39 is 0 Å². The SMILES string of the molecule is CC.CNCN1CCN(CNC)CC1. The van der Waals surface area contributed by atoms with Gasteiger partial charge in [0.15, 0.2) is 0 Å². The second-order valence-electron chi connectivity index (χ2n) is 3.26. The summed E-state index contributed by atoms with van der Waals surface area (Å²) in [6.07, 6.45) is 0. The first-order chi connectivity index (χ1) is 6.86. The van der Waals surface area contributed by atoms with Crippen LogP contribution in [-0.4, -0.2) is 63.4 Å². The topological polar surface area (TPSA) is 30.5 Å². The van der Waals surface area contributed by atoms with Crippen molar-refractivity contribution < 1.29 is 0 Å². The highest BCUT2D eigenvalue weighted by atomic mass is 15.3. The zero-order valence-electron chi connectivity index (χ0n) is 10.1. The van der Waals surface area contributed by atoms with Crippen molar-refractivity contribution in [1.29, 1.82) is 0 Å². The summed E-state index contributed by atoms with van der Waals surface area (Å²) in [6.45, 7) is 10.8. The first kappa shape index (κ1) is 13.8. The number of hydrogen-bond acceptors (Lipinski definition) is 4. The highest BCUT2D eigenvalue weighted by Crippen LogP contribution is 1.97. The van der Waals surface area contributed by atoms with Gasteiger partial charge in [-0.05, 0) is 14.1 Å². The van der Waals surface area contributed by atoms with Gasteiger partial charge in [-0.1, -0.05) is 13.8 Å². The van der Waals surface area contributed by atoms with E-state index in [-0.39, 0.29) is 0 Å². The second-order valence-corrected chi connectivity index (χ2v) is 3.26. The summed E-state index contributed by atoms with van der Waals surface area (Å²) in [5, 5.41) is 6.35. The van der Waals surface area contributed by atoms with Crippen LogP contribution in [0.3, 0.4) is 0 Å². The molecule has 0 spiro atoms. The molecule has 0 unspecified atom stereocenters. The third kappa shape index (κ3) is 5.54. The summed E-state index contributed by atoms with van der Waals surface area (Å²) >= 11 is 0. The molecule has 0 aromatic heterocycles. The van der Waals surface area contributed by atoms with Gasteiger partial charge in [-0.15, -0.1) is 0 Å². The van der Waals surface area contributed by atoms with E-state index in [1.165, 1.54) is 26.2 Å². The lowest BCUT2D eigenvalue weighted by Crippen LogP contribution is -2.50. The van der Waals surface area contributed by atoms with Crippen molar-refractivity contribution in [2.75, 3.05) is 53.6 Å². The largest absolute Gasteiger partial charge is 0.307 e. The minimum atomic E-state index is 1.02. The van der Waals surface area contributed by atoms with Crippen molar-refractivity contribution in [2.45, 2.75) is 13.8 Å². The van der Waals surface area contributed by atoms with Gasteiger partial charge in [0, 0.05) is 39.5 Å². The van der Waals surface area contributed by atoms with E-state index in [0.717, 1.165) is 13.3 Å². The van der Waals surface area contributed by atoms with Crippen LogP contribution in [0.15, 0.2) is 0 Å². The molecule has 1 aliphatic heterocycles. The molecule has 0 atom stereocenters. The quantitative estimate of drug-likeness (QED) is 0.671. The number of rotatable bonds is 4. The second kappa shape index (κ2) is 9.40. The predicted molar refractivity (Wildman–Crippen MR) is 62.3 cm³/mol. The summed E-state index contributed by atoms with van der Waals surface area (Å²) in [5.41, 5.74) is 0. The van der Waals surface area contributed by atoms with E-state index in [4.69, 9.17) is 0 Å². The first-order valence-electron chi connectivity index (χ1n) is 5.60. The number of nitrogens with zero attached hydrogens (tertiary/aromatic N) is 2. The maximum atomic E-state index is 3.18. The molecule has 1 heterocycles. The molecule has 0 aliphatic carbocycles. The predicted octanol–water partition coefficient (Wildman–Crippen LogP) is -0.0160. The fourth-order valence-electron chi connectivity index (χ4n) is 1.55. The van der Waals surface area contributed by atoms with Crippen molar-refractivity contribution >= 4 is 0 Å². The molecule has 0 amide bonds. The maximum absolute atomic E-state index is 3.18. The van der Waals surface area contributed by atoms with Gasteiger partial charge in [0.2, 0.25) is 0 Å². The van der Waals surface area contributed by atoms with Crippen LogP contribution in [0.2, 0.25) is 0 Å². The maximum Gasteiger partial charge on any atom is 0.0479 e. The highest BCUT2D eigenvalue weighted by Gasteiger charge is 2.14. The van der Waals surface area contributed by atoms with Gasteiger partial charge < -0.3 is 10.6 Å². The van der Waals surface area contributed by atoms with Gasteiger partial charge in [-0.25, -0.2) is 0 Å². The average Bonchev–Trinajstić information content (AvgIpc) is 2.25. The smallest absolute Gasteiger partial charge is 0.0479 e. The normalized spacial score (nSPS) is 18.9. The summed E-state index contributed by atoms with van der Waals surface area (Å²) in [5.74, 6) is 0. The zero-order valence-corrected chi connectivity index (χ0v) is 10.1. The molecule has 4 heteroatoms. The molecule has 1 saturated heterocycles. The van der Waals surface area contributed by atoms with Crippen LogP contribution in [0.25, 0.3) is 0 Å². The molecule has 1 aliphatic rings. The van der Waals surface area contributed by atoms with Gasteiger partial charge in [0.1, 0.15) is 0 Å². The van der Waals surface area contributed by atoms with Gasteiger partial charge in [0.05, 0.1) is 0 Å². The van der Waals surface area contributed by atoms with E-state index >= 15 is 0 Å². The van der Waals surface area contributed by atoms with Crippen molar-refractivity contribution in [1.82, 2.24) is 20.4 Å². The zero-order chi connectivity index (χ0) is 10.8. The van der Waals surface area contributed by atoms with Crippen LogP contribution in [0.1, 0.15) is 13.8 Å². The average molecular weight is 202 g/mol. The Morgan fingerprint density at radius 3 is 1.29 bits per heavy atom. The van der Waals surface area contributed by atoms with E-state index in [2.05, 4.69) is 20.4 Å². The van der Waals surface area contributed by atoms with Crippen LogP contribution < -0.4 is 10.6 Å². The molecule has 0 radical (unpaired) electrons. The molecule has 0 saturated carbocycles. The Morgan fingerprint density at radius 2 is 1.07 bits per heavy atom. The number of hydrogen-bond donors (Lipinski definition) is 2. The minimum absolute atomic E-state index is 1.02. The lowest BCUT2D eigenvalue weighted by atomic mass is 10.3. The molecule has 2 N–H and O–H groups in total. The Morgan fingerprint density at radius 1 is 0.786 bits per heavy atom. The Balaban J connectivity index is 0.000000791. The van der Waals surface area contributed by atoms with E-state index in [1.807, 2.05) is 27.9 Å². The van der Waals surface area contributed by atoms with Crippen LogP contribution in [0.4, 0.5) is 0 Å². The summed E-state index contributed by atoms with van der Waals surface area (Å²) in [6, 6.07) is 0. The lowest BCUT2D eigenvalue weighted by molar-refractivity contribution is 0.123. The van der Waals surface area contributed by atoms with E-state index in [9.17, 15) is 0 Å². The highest BCUT2D eigenvalue weighted by molar-refractivity contribution is 4.69. The molecule has 0 aromatic carbocycles. The Kier molecular flexibility index (Phi) is 9.29. The monoisotopic (exact) mass is 202 g/mol. The molecule has 4 nitrogen and oxygen atoms in total. The summed E-state index contributed by atoms with van der Waals surface area (Å²) in [7, 11) is 4.00. The minimum Gasteiger partial charge on any atom is -0.307 e. The molecular weight excluding hydrogens is 176 g/mol. The summed E-state index contributed by atoms with van der Waals surface area (Å²) in [4.78, 5) is 4.87. The first-order valence-corrected chi connectivity index (χ1v) is 5.60. The third-order valence-corrected chi connectivity index (χ3v) is 2.23. The van der Waals surface area contributed by atoms with Crippen LogP contribution in [0, 0.1) is 0 Å². The Labute approximate surface area is 88.6 Å². The Bertz CT molecular complexity index is 96.7. The van der Waals surface area contributed by atoms with E-state index in [1.54, 1.807) is 0 Å². The van der Waals surface area contributed by atoms with Crippen LogP contribution in [0.5, 0.6) is 0 Å². The molecule has 0 bridgehead atoms. The van der Waals surface area contributed by atoms with Gasteiger partial charge in [-0.2, -0.15) is 0 Å². The fourth-order valence-corrected chi connectivity index (χ4v) is 1.55. The fraction of sp³-hybridized carbons (Fsp3) is 1.00. The van der Waals surface area contributed by atoms with Crippen molar-refractivity contribution in [2.24, 2.45) is 0 Å².